The minimum absolute atomic E-state index is 0.310. The molecular formula is C18H29BCl2NO2+. The van der Waals surface area contributed by atoms with Gasteiger partial charge in [0.05, 0.1) is 43.1 Å². The Balaban J connectivity index is 2.09. The van der Waals surface area contributed by atoms with Gasteiger partial charge in [-0.15, -0.1) is 23.2 Å². The van der Waals surface area contributed by atoms with Crippen molar-refractivity contribution in [3.8, 4) is 0 Å². The molecule has 0 amide bonds. The van der Waals surface area contributed by atoms with Gasteiger partial charge in [0, 0.05) is 5.56 Å². The second-order valence-electron chi connectivity index (χ2n) is 7.93. The van der Waals surface area contributed by atoms with E-state index in [0.717, 1.165) is 29.6 Å². The number of benzene rings is 1. The van der Waals surface area contributed by atoms with E-state index in [0.29, 0.717) is 11.8 Å². The fraction of sp³-hybridized carbons (Fsp3) is 0.667. The SMILES string of the molecule is CC1(C)OB(c2ccc(C[N+](C)(CCCl)CCCl)cc2)OC1(C)C. The molecule has 0 unspecified atom stereocenters. The summed E-state index contributed by atoms with van der Waals surface area (Å²) in [5.74, 6) is 1.28. The number of hydrogen-bond donors (Lipinski definition) is 0. The summed E-state index contributed by atoms with van der Waals surface area (Å²) in [6.07, 6.45) is 0. The first-order valence-electron chi connectivity index (χ1n) is 8.52. The molecule has 0 spiro atoms. The predicted octanol–water partition coefficient (Wildman–Crippen LogP) is 3.41. The van der Waals surface area contributed by atoms with Gasteiger partial charge in [0.25, 0.3) is 0 Å². The Hall–Kier alpha value is -0.255. The molecule has 0 bridgehead atoms. The van der Waals surface area contributed by atoms with Gasteiger partial charge < -0.3 is 13.8 Å². The molecule has 3 nitrogen and oxygen atoms in total. The van der Waals surface area contributed by atoms with Gasteiger partial charge in [0.2, 0.25) is 0 Å². The maximum absolute atomic E-state index is 6.11. The van der Waals surface area contributed by atoms with Gasteiger partial charge in [0.1, 0.15) is 6.54 Å². The smallest absolute Gasteiger partial charge is 0.399 e. The van der Waals surface area contributed by atoms with Gasteiger partial charge in [-0.05, 0) is 33.2 Å². The number of hydrogen-bond acceptors (Lipinski definition) is 2. The third-order valence-electron chi connectivity index (χ3n) is 5.32. The highest BCUT2D eigenvalue weighted by molar-refractivity contribution is 6.62. The van der Waals surface area contributed by atoms with Crippen molar-refractivity contribution in [3.05, 3.63) is 29.8 Å². The Labute approximate surface area is 157 Å². The third-order valence-corrected chi connectivity index (χ3v) is 5.66. The Bertz CT molecular complexity index is 526. The number of quaternary nitrogens is 1. The van der Waals surface area contributed by atoms with E-state index >= 15 is 0 Å². The molecule has 0 N–H and O–H groups in total. The van der Waals surface area contributed by atoms with Crippen LogP contribution in [0.15, 0.2) is 24.3 Å². The zero-order valence-electron chi connectivity index (χ0n) is 15.4. The molecule has 0 aliphatic carbocycles. The Morgan fingerprint density at radius 2 is 1.38 bits per heavy atom. The molecule has 6 heteroatoms. The first-order chi connectivity index (χ1) is 11.1. The summed E-state index contributed by atoms with van der Waals surface area (Å²) in [6.45, 7) is 11.0. The lowest BCUT2D eigenvalue weighted by Gasteiger charge is -2.33. The van der Waals surface area contributed by atoms with Crippen molar-refractivity contribution in [3.63, 3.8) is 0 Å². The minimum Gasteiger partial charge on any atom is -0.399 e. The van der Waals surface area contributed by atoms with Gasteiger partial charge in [-0.2, -0.15) is 0 Å². The monoisotopic (exact) mass is 372 g/mol. The van der Waals surface area contributed by atoms with Crippen molar-refractivity contribution in [2.45, 2.75) is 45.4 Å². The second-order valence-corrected chi connectivity index (χ2v) is 8.69. The maximum atomic E-state index is 6.11. The van der Waals surface area contributed by atoms with Crippen LogP contribution in [0.25, 0.3) is 0 Å². The van der Waals surface area contributed by atoms with Gasteiger partial charge in [-0.3, -0.25) is 0 Å². The molecule has 1 saturated heterocycles. The molecule has 1 fully saturated rings. The molecule has 1 aromatic rings. The van der Waals surface area contributed by atoms with E-state index in [2.05, 4.69) is 59.0 Å². The second kappa shape index (κ2) is 7.55. The summed E-state index contributed by atoms with van der Waals surface area (Å²) in [5.41, 5.74) is 1.70. The molecule has 134 valence electrons. The highest BCUT2D eigenvalue weighted by atomic mass is 35.5. The van der Waals surface area contributed by atoms with Crippen LogP contribution in [0.1, 0.15) is 33.3 Å². The standard InChI is InChI=1S/C18H29BCl2NO2/c1-17(2)18(3,4)24-19(23-17)16-8-6-15(7-9-16)14-22(5,12-10-20)13-11-21/h6-9H,10-14H2,1-5H3/q+1. The minimum atomic E-state index is -0.313. The van der Waals surface area contributed by atoms with Crippen LogP contribution in [0.3, 0.4) is 0 Å². The van der Waals surface area contributed by atoms with E-state index in [-0.39, 0.29) is 18.3 Å². The number of alkyl halides is 2. The Morgan fingerprint density at radius 1 is 0.917 bits per heavy atom. The highest BCUT2D eigenvalue weighted by Crippen LogP contribution is 2.36. The van der Waals surface area contributed by atoms with Crippen molar-refractivity contribution in [2.75, 3.05) is 31.9 Å². The van der Waals surface area contributed by atoms with E-state index in [1.807, 2.05) is 0 Å². The van der Waals surface area contributed by atoms with Crippen LogP contribution < -0.4 is 5.46 Å². The van der Waals surface area contributed by atoms with E-state index in [4.69, 9.17) is 32.5 Å². The summed E-state index contributed by atoms with van der Waals surface area (Å²) in [4.78, 5) is 0. The largest absolute Gasteiger partial charge is 0.494 e. The van der Waals surface area contributed by atoms with Crippen LogP contribution in [0, 0.1) is 0 Å². The normalized spacial score (nSPS) is 19.7. The van der Waals surface area contributed by atoms with Crippen molar-refractivity contribution in [2.24, 2.45) is 0 Å². The average Bonchev–Trinajstić information content (AvgIpc) is 2.68. The fourth-order valence-electron chi connectivity index (χ4n) is 2.88. The van der Waals surface area contributed by atoms with Crippen molar-refractivity contribution >= 4 is 35.8 Å². The van der Waals surface area contributed by atoms with Crippen LogP contribution in [-0.2, 0) is 15.9 Å². The van der Waals surface area contributed by atoms with Crippen LogP contribution in [0.5, 0.6) is 0 Å². The molecule has 1 aliphatic heterocycles. The lowest BCUT2D eigenvalue weighted by molar-refractivity contribution is -0.918. The molecule has 1 aromatic carbocycles. The number of nitrogens with zero attached hydrogens (tertiary/aromatic N) is 1. The summed E-state index contributed by atoms with van der Waals surface area (Å²) < 4.78 is 13.1. The van der Waals surface area contributed by atoms with E-state index in [1.165, 1.54) is 5.56 Å². The molecular weight excluding hydrogens is 344 g/mol. The van der Waals surface area contributed by atoms with E-state index in [9.17, 15) is 0 Å². The van der Waals surface area contributed by atoms with Crippen LogP contribution in [0.4, 0.5) is 0 Å². The Kier molecular flexibility index (Phi) is 6.31. The molecule has 2 rings (SSSR count). The van der Waals surface area contributed by atoms with Gasteiger partial charge in [-0.1, -0.05) is 24.3 Å². The van der Waals surface area contributed by atoms with Crippen LogP contribution in [-0.4, -0.2) is 54.7 Å². The zero-order chi connectivity index (χ0) is 18.0. The average molecular weight is 373 g/mol. The number of rotatable bonds is 7. The van der Waals surface area contributed by atoms with Crippen molar-refractivity contribution in [1.29, 1.82) is 0 Å². The molecule has 0 atom stereocenters. The first kappa shape index (κ1) is 20.1. The topological polar surface area (TPSA) is 18.5 Å². The molecule has 24 heavy (non-hydrogen) atoms. The van der Waals surface area contributed by atoms with Gasteiger partial charge >= 0.3 is 7.12 Å². The third kappa shape index (κ3) is 4.47. The van der Waals surface area contributed by atoms with Gasteiger partial charge in [0.15, 0.2) is 0 Å². The molecule has 1 heterocycles. The number of halogens is 2. The Morgan fingerprint density at radius 3 is 1.79 bits per heavy atom. The maximum Gasteiger partial charge on any atom is 0.494 e. The summed E-state index contributed by atoms with van der Waals surface area (Å²) in [7, 11) is 1.89. The fourth-order valence-corrected chi connectivity index (χ4v) is 3.69. The molecule has 0 radical (unpaired) electrons. The molecule has 0 aromatic heterocycles. The summed E-state index contributed by atoms with van der Waals surface area (Å²) >= 11 is 11.9. The van der Waals surface area contributed by atoms with Crippen LogP contribution >= 0.6 is 23.2 Å². The van der Waals surface area contributed by atoms with Crippen molar-refractivity contribution in [1.82, 2.24) is 0 Å². The van der Waals surface area contributed by atoms with Gasteiger partial charge in [-0.25, -0.2) is 0 Å². The summed E-state index contributed by atoms with van der Waals surface area (Å²) in [5, 5.41) is 0. The first-order valence-corrected chi connectivity index (χ1v) is 9.59. The molecule has 1 aliphatic rings. The highest BCUT2D eigenvalue weighted by Gasteiger charge is 2.51. The zero-order valence-corrected chi connectivity index (χ0v) is 17.0. The van der Waals surface area contributed by atoms with Crippen molar-refractivity contribution < 1.29 is 13.8 Å². The summed E-state index contributed by atoms with van der Waals surface area (Å²) in [6, 6.07) is 8.51. The lowest BCUT2D eigenvalue weighted by Crippen LogP contribution is -2.46. The van der Waals surface area contributed by atoms with E-state index < -0.39 is 0 Å². The quantitative estimate of drug-likeness (QED) is 0.414. The van der Waals surface area contributed by atoms with Crippen LogP contribution in [0.2, 0.25) is 0 Å². The predicted molar refractivity (Wildman–Crippen MR) is 103 cm³/mol. The van der Waals surface area contributed by atoms with E-state index in [1.54, 1.807) is 0 Å². The molecule has 0 saturated carbocycles. The lowest BCUT2D eigenvalue weighted by atomic mass is 9.79.